The van der Waals surface area contributed by atoms with Crippen LogP contribution in [0.4, 0.5) is 0 Å². The van der Waals surface area contributed by atoms with Gasteiger partial charge in [0.05, 0.1) is 0 Å². The molecule has 0 aliphatic heterocycles. The van der Waals surface area contributed by atoms with E-state index in [9.17, 15) is 0 Å². The molecule has 0 N–H and O–H groups in total. The van der Waals surface area contributed by atoms with Crippen LogP contribution >= 0.6 is 7.82 Å². The molecule has 0 amide bonds. The van der Waals surface area contributed by atoms with Crippen molar-refractivity contribution in [2.24, 2.45) is 0 Å². The van der Waals surface area contributed by atoms with Crippen molar-refractivity contribution in [1.82, 2.24) is 0 Å². The second kappa shape index (κ2) is 5.37. The zero-order valence-corrected chi connectivity index (χ0v) is 7.95. The molecule has 0 bridgehead atoms. The summed E-state index contributed by atoms with van der Waals surface area (Å²) in [5.74, 6) is 0. The number of hydrogen-bond acceptors (Lipinski definition) is 4. The smallest absolute Gasteiger partial charge is 0.822 e. The molecule has 0 radical (unpaired) electrons. The fraction of sp³-hybridized carbons (Fsp3) is 0. The second-order valence-electron chi connectivity index (χ2n) is 0.447. The fourth-order valence-electron chi connectivity index (χ4n) is 0. The summed E-state index contributed by atoms with van der Waals surface area (Å²) in [4.78, 5) is 25.6. The average molecular weight is 219 g/mol. The Hall–Kier alpha value is 1.23. The summed E-state index contributed by atoms with van der Waals surface area (Å²) in [6.07, 6.45) is 0. The zero-order chi connectivity index (χ0) is 4.50. The molecule has 4 nitrogen and oxygen atoms in total. The van der Waals surface area contributed by atoms with Crippen molar-refractivity contribution >= 4 is 7.82 Å². The van der Waals surface area contributed by atoms with E-state index >= 15 is 0 Å². The third-order valence-corrected chi connectivity index (χ3v) is 0. The average Bonchev–Trinajstić information content (AvgIpc) is 0.722. The molecule has 0 atom stereocenters. The molecule has 7 heteroatoms. The fourth-order valence-corrected chi connectivity index (χ4v) is 0. The Balaban J connectivity index is -0.0000000800. The van der Waals surface area contributed by atoms with Crippen LogP contribution in [0.2, 0.25) is 0 Å². The van der Waals surface area contributed by atoms with Gasteiger partial charge in [-0.2, -0.15) is 7.82 Å². The van der Waals surface area contributed by atoms with Crippen LogP contribution in [0, 0.1) is 0 Å². The van der Waals surface area contributed by atoms with Crippen LogP contribution in [-0.2, 0) is 40.5 Å². The predicted molar refractivity (Wildman–Crippen MR) is 7.61 cm³/mol. The quantitative estimate of drug-likeness (QED) is 0.324. The second-order valence-corrected chi connectivity index (χ2v) is 1.34. The van der Waals surface area contributed by atoms with Crippen LogP contribution in [0.15, 0.2) is 0 Å². The van der Waals surface area contributed by atoms with E-state index in [2.05, 4.69) is 0 Å². The molecule has 0 fully saturated rings. The van der Waals surface area contributed by atoms with Crippen molar-refractivity contribution in [1.29, 1.82) is 0 Å². The maximum Gasteiger partial charge on any atom is 2.00 e. The molecule has 7 heavy (non-hydrogen) atoms. The van der Waals surface area contributed by atoms with Gasteiger partial charge in [-0.3, -0.25) is 0 Å². The van der Waals surface area contributed by atoms with Crippen LogP contribution in [0.5, 0.6) is 0 Å². The van der Waals surface area contributed by atoms with Crippen molar-refractivity contribution in [3.63, 3.8) is 0 Å². The maximum absolute atomic E-state index is 8.55. The molecule has 0 heterocycles. The molecule has 0 spiro atoms. The van der Waals surface area contributed by atoms with E-state index in [1.807, 2.05) is 0 Å². The van der Waals surface area contributed by atoms with Crippen molar-refractivity contribution < 1.29 is 55.2 Å². The number of hydrogen-bond donors (Lipinski definition) is 0. The van der Waals surface area contributed by atoms with E-state index in [0.29, 0.717) is 0 Å². The molecule has 0 saturated heterocycles. The summed E-state index contributed by atoms with van der Waals surface area (Å²) in [6.45, 7) is 0. The first-order valence-corrected chi connectivity index (χ1v) is 2.19. The Morgan fingerprint density at radius 1 is 1.14 bits per heavy atom. The van der Waals surface area contributed by atoms with E-state index in [1.165, 1.54) is 0 Å². The summed E-state index contributed by atoms with van der Waals surface area (Å²) in [5.41, 5.74) is 0. The van der Waals surface area contributed by atoms with Gasteiger partial charge in [-0.25, -0.2) is 0 Å². The standard InChI is InChI=1S/Ni.H3O4P.Zn/c;1-5(2,3)4;/h;(H3,1,2,3,4);/q+2;;+2/p-3. The summed E-state index contributed by atoms with van der Waals surface area (Å²) >= 11 is 0. The summed E-state index contributed by atoms with van der Waals surface area (Å²) in [5, 5.41) is 0. The molecular weight excluding hydrogens is 219 g/mol. The minimum atomic E-state index is -5.39. The Kier molecular flexibility index (Phi) is 12.1. The van der Waals surface area contributed by atoms with E-state index in [0.717, 1.165) is 0 Å². The Labute approximate surface area is 63.2 Å². The van der Waals surface area contributed by atoms with Gasteiger partial charge in [-0.15, -0.1) is 0 Å². The molecule has 0 unspecified atom stereocenters. The molecule has 0 aromatic rings. The molecule has 0 aliphatic rings. The van der Waals surface area contributed by atoms with Gasteiger partial charge in [-0.05, 0) is 0 Å². The topological polar surface area (TPSA) is 86.2 Å². The van der Waals surface area contributed by atoms with Crippen molar-refractivity contribution in [3.05, 3.63) is 0 Å². The van der Waals surface area contributed by atoms with E-state index in [-0.39, 0.29) is 36.0 Å². The van der Waals surface area contributed by atoms with Gasteiger partial charge in [0.1, 0.15) is 0 Å². The normalized spacial score (nSPS) is 8.43. The van der Waals surface area contributed by atoms with Crippen molar-refractivity contribution in [2.75, 3.05) is 0 Å². The largest absolute Gasteiger partial charge is 2.00 e. The van der Waals surface area contributed by atoms with Crippen LogP contribution in [0.3, 0.4) is 0 Å². The summed E-state index contributed by atoms with van der Waals surface area (Å²) < 4.78 is 8.55. The van der Waals surface area contributed by atoms with Crippen LogP contribution in [0.25, 0.3) is 0 Å². The van der Waals surface area contributed by atoms with E-state index < -0.39 is 7.82 Å². The van der Waals surface area contributed by atoms with Crippen LogP contribution in [0.1, 0.15) is 0 Å². The first-order valence-electron chi connectivity index (χ1n) is 0.730. The van der Waals surface area contributed by atoms with Gasteiger partial charge < -0.3 is 19.2 Å². The Morgan fingerprint density at radius 2 is 1.14 bits per heavy atom. The molecule has 0 saturated carbocycles. The van der Waals surface area contributed by atoms with Crippen molar-refractivity contribution in [3.8, 4) is 0 Å². The molecule has 0 aliphatic carbocycles. The first kappa shape index (κ1) is 15.7. The minimum absolute atomic E-state index is 0. The van der Waals surface area contributed by atoms with Gasteiger partial charge in [-0.1, -0.05) is 0 Å². The van der Waals surface area contributed by atoms with E-state index in [1.54, 1.807) is 0 Å². The first-order chi connectivity index (χ1) is 2.00. The predicted octanol–water partition coefficient (Wildman–Crippen LogP) is -2.83. The molecule has 0 rings (SSSR count). The van der Waals surface area contributed by atoms with Gasteiger partial charge in [0, 0.05) is 0 Å². The number of phosphoric acid groups is 1. The van der Waals surface area contributed by atoms with Crippen molar-refractivity contribution in [2.45, 2.75) is 0 Å². The molecule has 0 aromatic heterocycles. The van der Waals surface area contributed by atoms with Crippen LogP contribution < -0.4 is 14.7 Å². The van der Waals surface area contributed by atoms with E-state index in [4.69, 9.17) is 19.2 Å². The Bertz CT molecular complexity index is 57.8. The third-order valence-electron chi connectivity index (χ3n) is 0. The van der Waals surface area contributed by atoms with Gasteiger partial charge in [0.25, 0.3) is 0 Å². The Morgan fingerprint density at radius 3 is 1.14 bits per heavy atom. The molecule has 40 valence electrons. The number of rotatable bonds is 0. The molecule has 0 aromatic carbocycles. The summed E-state index contributed by atoms with van der Waals surface area (Å²) in [6, 6.07) is 0. The molecular formula is NiO4PZn+. The van der Waals surface area contributed by atoms with Crippen LogP contribution in [-0.4, -0.2) is 0 Å². The van der Waals surface area contributed by atoms with Gasteiger partial charge >= 0.3 is 36.0 Å². The monoisotopic (exact) mass is 217 g/mol. The van der Waals surface area contributed by atoms with Gasteiger partial charge in [0.15, 0.2) is 0 Å². The summed E-state index contributed by atoms with van der Waals surface area (Å²) in [7, 11) is -5.39. The third kappa shape index (κ3) is 131. The maximum atomic E-state index is 8.55. The minimum Gasteiger partial charge on any atom is -0.822 e. The zero-order valence-electron chi connectivity index (χ0n) is 3.10. The SMILES string of the molecule is O=P([O-])([O-])[O-].[Ni+2].[Zn+2]. The van der Waals surface area contributed by atoms with Gasteiger partial charge in [0.2, 0.25) is 0 Å².